The average Bonchev–Trinajstić information content (AvgIpc) is 2.57. The number of ether oxygens (including phenoxy) is 1. The molecule has 2 nitrogen and oxygen atoms in total. The Morgan fingerprint density at radius 1 is 0.926 bits per heavy atom. The quantitative estimate of drug-likeness (QED) is 0.351. The van der Waals surface area contributed by atoms with E-state index in [0.717, 1.165) is 41.2 Å². The molecule has 2 aromatic rings. The van der Waals surface area contributed by atoms with Crippen LogP contribution in [0, 0.1) is 0 Å². The van der Waals surface area contributed by atoms with E-state index in [1.807, 2.05) is 6.92 Å². The molecule has 2 aromatic carbocycles. The first-order chi connectivity index (χ1) is 12.1. The van der Waals surface area contributed by atoms with Crippen molar-refractivity contribution in [1.29, 1.82) is 0 Å². The summed E-state index contributed by atoms with van der Waals surface area (Å²) >= 11 is 14.6. The van der Waals surface area contributed by atoms with Gasteiger partial charge >= 0.3 is 0 Å². The van der Waals surface area contributed by atoms with Crippen LogP contribution >= 0.6 is 63.7 Å². The molecule has 0 aliphatic heterocycles. The summed E-state index contributed by atoms with van der Waals surface area (Å²) < 4.78 is 9.27. The lowest BCUT2D eigenvalue weighted by atomic mass is 9.78. The first-order valence-corrected chi connectivity index (χ1v) is 11.5. The van der Waals surface area contributed by atoms with Gasteiger partial charge in [-0.2, -0.15) is 0 Å². The molecule has 0 saturated carbocycles. The first kappa shape index (κ1) is 25.2. The minimum Gasteiger partial charge on any atom is -0.494 e. The third-order valence-electron chi connectivity index (χ3n) is 4.70. The van der Waals surface area contributed by atoms with Crippen molar-refractivity contribution in [3.8, 4) is 5.75 Å². The van der Waals surface area contributed by atoms with E-state index < -0.39 is 0 Å². The molecule has 6 heteroatoms. The van der Waals surface area contributed by atoms with Crippen LogP contribution in [0.1, 0.15) is 51.3 Å². The second-order valence-corrected chi connectivity index (χ2v) is 10.2. The molecule has 0 aromatic heterocycles. The van der Waals surface area contributed by atoms with Crippen molar-refractivity contribution in [1.82, 2.24) is 0 Å². The van der Waals surface area contributed by atoms with E-state index in [9.17, 15) is 5.11 Å². The van der Waals surface area contributed by atoms with Crippen LogP contribution in [0.25, 0.3) is 0 Å². The number of aliphatic hydroxyl groups is 1. The second kappa shape index (κ2) is 10.2. The monoisotopic (exact) mass is 626 g/mol. The van der Waals surface area contributed by atoms with Gasteiger partial charge in [0.1, 0.15) is 5.75 Å². The molecule has 0 fully saturated rings. The van der Waals surface area contributed by atoms with E-state index in [4.69, 9.17) is 4.74 Å². The van der Waals surface area contributed by atoms with Gasteiger partial charge in [0.25, 0.3) is 0 Å². The number of hydrogen-bond donors (Lipinski definition) is 1. The Morgan fingerprint density at radius 3 is 1.70 bits per heavy atom. The molecule has 0 spiro atoms. The van der Waals surface area contributed by atoms with Crippen molar-refractivity contribution >= 4 is 63.7 Å². The van der Waals surface area contributed by atoms with Gasteiger partial charge in [-0.1, -0.05) is 60.1 Å². The molecule has 0 bridgehead atoms. The smallest absolute Gasteiger partial charge is 0.147 e. The van der Waals surface area contributed by atoms with Crippen LogP contribution in [-0.2, 0) is 11.8 Å². The lowest BCUT2D eigenvalue weighted by molar-refractivity contribution is 0.170. The number of halogens is 4. The Morgan fingerprint density at radius 2 is 1.33 bits per heavy atom. The van der Waals surface area contributed by atoms with E-state index in [-0.39, 0.29) is 18.9 Å². The van der Waals surface area contributed by atoms with Crippen molar-refractivity contribution in [2.75, 3.05) is 7.11 Å². The van der Waals surface area contributed by atoms with Gasteiger partial charge in [-0.25, -0.2) is 0 Å². The molecular formula is C21H26Br4O2. The summed E-state index contributed by atoms with van der Waals surface area (Å²) in [6.45, 7) is 6.38. The van der Waals surface area contributed by atoms with E-state index >= 15 is 0 Å². The van der Waals surface area contributed by atoms with Crippen LogP contribution in [0.15, 0.2) is 42.2 Å². The average molecular weight is 630 g/mol. The highest BCUT2D eigenvalue weighted by molar-refractivity contribution is 9.11. The van der Waals surface area contributed by atoms with Gasteiger partial charge in [0, 0.05) is 20.8 Å². The number of hydrogen-bond acceptors (Lipinski definition) is 2. The largest absolute Gasteiger partial charge is 0.494 e. The minimum absolute atomic E-state index is 0. The SMILES string of the molecule is C.CCC(O)Cc1c(Br)cc(C(C)(C)c2cc(Br)c(OC)c(Br)c2)cc1Br. The Kier molecular flexibility index (Phi) is 9.54. The van der Waals surface area contributed by atoms with Gasteiger partial charge in [-0.15, -0.1) is 0 Å². The Balaban J connectivity index is 0.00000364. The number of rotatable bonds is 6. The fraction of sp³-hybridized carbons (Fsp3) is 0.429. The van der Waals surface area contributed by atoms with Gasteiger partial charge in [-0.05, 0) is 79.2 Å². The van der Waals surface area contributed by atoms with Crippen LogP contribution in [-0.4, -0.2) is 18.3 Å². The number of benzene rings is 2. The van der Waals surface area contributed by atoms with Gasteiger partial charge < -0.3 is 9.84 Å². The molecule has 0 saturated heterocycles. The van der Waals surface area contributed by atoms with E-state index in [2.05, 4.69) is 102 Å². The highest BCUT2D eigenvalue weighted by Crippen LogP contribution is 2.42. The molecule has 2 rings (SSSR count). The normalized spacial score (nSPS) is 12.5. The predicted octanol–water partition coefficient (Wildman–Crippen LogP) is 8.02. The molecule has 0 amide bonds. The van der Waals surface area contributed by atoms with E-state index in [1.54, 1.807) is 7.11 Å². The number of aliphatic hydroxyl groups excluding tert-OH is 1. The molecule has 1 atom stereocenters. The lowest BCUT2D eigenvalue weighted by Gasteiger charge is -2.28. The molecular weight excluding hydrogens is 604 g/mol. The van der Waals surface area contributed by atoms with Crippen molar-refractivity contribution in [2.45, 2.75) is 52.6 Å². The first-order valence-electron chi connectivity index (χ1n) is 8.31. The molecule has 1 N–H and O–H groups in total. The van der Waals surface area contributed by atoms with Gasteiger partial charge in [0.15, 0.2) is 0 Å². The molecule has 1 unspecified atom stereocenters. The van der Waals surface area contributed by atoms with Crippen molar-refractivity contribution in [2.24, 2.45) is 0 Å². The topological polar surface area (TPSA) is 29.5 Å². The lowest BCUT2D eigenvalue weighted by Crippen LogP contribution is -2.20. The summed E-state index contributed by atoms with van der Waals surface area (Å²) in [4.78, 5) is 0. The third kappa shape index (κ3) is 5.59. The Hall–Kier alpha value is 0.120. The van der Waals surface area contributed by atoms with Gasteiger partial charge in [-0.3, -0.25) is 0 Å². The zero-order valence-corrected chi connectivity index (χ0v) is 21.5. The van der Waals surface area contributed by atoms with Crippen LogP contribution < -0.4 is 4.74 Å². The summed E-state index contributed by atoms with van der Waals surface area (Å²) in [5.41, 5.74) is 3.22. The van der Waals surface area contributed by atoms with Crippen LogP contribution in [0.2, 0.25) is 0 Å². The second-order valence-electron chi connectivity index (χ2n) is 6.78. The maximum Gasteiger partial charge on any atom is 0.147 e. The highest BCUT2D eigenvalue weighted by atomic mass is 79.9. The van der Waals surface area contributed by atoms with Crippen molar-refractivity contribution in [3.63, 3.8) is 0 Å². The highest BCUT2D eigenvalue weighted by Gasteiger charge is 2.27. The zero-order chi connectivity index (χ0) is 19.6. The zero-order valence-electron chi connectivity index (χ0n) is 15.2. The molecule has 0 radical (unpaired) electrons. The van der Waals surface area contributed by atoms with Crippen molar-refractivity contribution < 1.29 is 9.84 Å². The van der Waals surface area contributed by atoms with Crippen LogP contribution in [0.5, 0.6) is 5.75 Å². The Labute approximate surface area is 196 Å². The fourth-order valence-electron chi connectivity index (χ4n) is 2.82. The predicted molar refractivity (Wildman–Crippen MR) is 129 cm³/mol. The summed E-state index contributed by atoms with van der Waals surface area (Å²) in [5.74, 6) is 0.788. The summed E-state index contributed by atoms with van der Waals surface area (Å²) in [6, 6.07) is 8.49. The maximum absolute atomic E-state index is 10.0. The maximum atomic E-state index is 10.0. The summed E-state index contributed by atoms with van der Waals surface area (Å²) in [6.07, 6.45) is 1.02. The summed E-state index contributed by atoms with van der Waals surface area (Å²) in [5, 5.41) is 10.0. The molecule has 150 valence electrons. The molecule has 0 heterocycles. The minimum atomic E-state index is -0.338. The van der Waals surface area contributed by atoms with E-state index in [1.165, 1.54) is 5.56 Å². The standard InChI is InChI=1S/C20H22Br4O2.CH4/c1-5-13(25)10-14-15(21)6-11(7-16(14)22)20(2,3)12-8-17(23)19(26-4)18(24)9-12;/h6-9,13,25H,5,10H2,1-4H3;1H4. The fourth-order valence-corrected chi connectivity index (χ4v) is 5.84. The van der Waals surface area contributed by atoms with Crippen LogP contribution in [0.4, 0.5) is 0 Å². The molecule has 0 aliphatic rings. The molecule has 0 aliphatic carbocycles. The van der Waals surface area contributed by atoms with Crippen LogP contribution in [0.3, 0.4) is 0 Å². The van der Waals surface area contributed by atoms with E-state index in [0.29, 0.717) is 6.42 Å². The Bertz CT molecular complexity index is 757. The molecule has 27 heavy (non-hydrogen) atoms. The van der Waals surface area contributed by atoms with Gasteiger partial charge in [0.2, 0.25) is 0 Å². The third-order valence-corrected chi connectivity index (χ3v) is 7.29. The number of methoxy groups -OCH3 is 1. The van der Waals surface area contributed by atoms with Crippen molar-refractivity contribution in [3.05, 3.63) is 58.8 Å². The summed E-state index contributed by atoms with van der Waals surface area (Å²) in [7, 11) is 1.66. The van der Waals surface area contributed by atoms with Gasteiger partial charge in [0.05, 0.1) is 22.2 Å².